The van der Waals surface area contributed by atoms with Crippen molar-refractivity contribution in [3.8, 4) is 0 Å². The van der Waals surface area contributed by atoms with Crippen LogP contribution in [0.15, 0.2) is 28.7 Å². The number of carbonyl (C=O) groups excluding carboxylic acids is 1. The van der Waals surface area contributed by atoms with Crippen molar-refractivity contribution in [2.24, 2.45) is 0 Å². The molecule has 1 aliphatic heterocycles. The molecule has 1 amide bonds. The summed E-state index contributed by atoms with van der Waals surface area (Å²) in [6.45, 7) is 6.35. The minimum Gasteiger partial charge on any atom is -0.353 e. The summed E-state index contributed by atoms with van der Waals surface area (Å²) >= 11 is 3.55. The van der Waals surface area contributed by atoms with Crippen LogP contribution >= 0.6 is 15.9 Å². The van der Waals surface area contributed by atoms with Crippen molar-refractivity contribution in [3.63, 3.8) is 0 Å². The van der Waals surface area contributed by atoms with Gasteiger partial charge in [-0.25, -0.2) is 0 Å². The summed E-state index contributed by atoms with van der Waals surface area (Å²) in [5, 5.41) is 2.91. The van der Waals surface area contributed by atoms with Crippen molar-refractivity contribution in [3.05, 3.63) is 34.3 Å². The number of hydrogen-bond acceptors (Lipinski definition) is 2. The number of carbonyl (C=O) groups is 1. The Kier molecular flexibility index (Phi) is 3.54. The van der Waals surface area contributed by atoms with Gasteiger partial charge in [0.2, 0.25) is 5.91 Å². The standard InChI is InChI=1S/C13H17BrN2O/c1-13(2)12(17)15-7-8-16(13)9-10-5-3-4-6-11(10)14/h3-6H,7-9H2,1-2H3,(H,15,17). The fourth-order valence-electron chi connectivity index (χ4n) is 2.05. The quantitative estimate of drug-likeness (QED) is 0.907. The lowest BCUT2D eigenvalue weighted by atomic mass is 9.98. The summed E-state index contributed by atoms with van der Waals surface area (Å²) in [4.78, 5) is 14.1. The van der Waals surface area contributed by atoms with Crippen molar-refractivity contribution in [1.29, 1.82) is 0 Å². The summed E-state index contributed by atoms with van der Waals surface area (Å²) in [6, 6.07) is 8.15. The number of benzene rings is 1. The Morgan fingerprint density at radius 1 is 1.41 bits per heavy atom. The number of nitrogens with zero attached hydrogens (tertiary/aromatic N) is 1. The molecule has 0 aromatic heterocycles. The SMILES string of the molecule is CC1(C)C(=O)NCCN1Cc1ccccc1Br. The number of hydrogen-bond donors (Lipinski definition) is 1. The van der Waals surface area contributed by atoms with E-state index in [1.165, 1.54) is 5.56 Å². The van der Waals surface area contributed by atoms with Crippen LogP contribution < -0.4 is 5.32 Å². The van der Waals surface area contributed by atoms with E-state index in [0.29, 0.717) is 0 Å². The van der Waals surface area contributed by atoms with Gasteiger partial charge < -0.3 is 5.32 Å². The van der Waals surface area contributed by atoms with Crippen molar-refractivity contribution >= 4 is 21.8 Å². The number of piperazine rings is 1. The second-order valence-corrected chi connectivity index (χ2v) is 5.68. The third-order valence-corrected chi connectivity index (χ3v) is 4.11. The van der Waals surface area contributed by atoms with E-state index in [1.54, 1.807) is 0 Å². The maximum atomic E-state index is 11.8. The monoisotopic (exact) mass is 296 g/mol. The minimum absolute atomic E-state index is 0.107. The molecule has 0 unspecified atom stereocenters. The second kappa shape index (κ2) is 4.78. The number of rotatable bonds is 2. The highest BCUT2D eigenvalue weighted by Gasteiger charge is 2.37. The van der Waals surface area contributed by atoms with E-state index in [9.17, 15) is 4.79 Å². The molecule has 0 radical (unpaired) electrons. The topological polar surface area (TPSA) is 32.3 Å². The molecule has 0 aliphatic carbocycles. The lowest BCUT2D eigenvalue weighted by Crippen LogP contribution is -2.61. The van der Waals surface area contributed by atoms with Crippen LogP contribution in [-0.4, -0.2) is 29.4 Å². The first kappa shape index (κ1) is 12.6. The first-order valence-corrected chi connectivity index (χ1v) is 6.58. The molecule has 0 saturated carbocycles. The maximum Gasteiger partial charge on any atom is 0.240 e. The number of halogens is 1. The predicted octanol–water partition coefficient (Wildman–Crippen LogP) is 2.16. The van der Waals surface area contributed by atoms with Crippen LogP contribution in [-0.2, 0) is 11.3 Å². The Morgan fingerprint density at radius 2 is 2.12 bits per heavy atom. The van der Waals surface area contributed by atoms with Crippen LogP contribution in [0.5, 0.6) is 0 Å². The van der Waals surface area contributed by atoms with Gasteiger partial charge in [0, 0.05) is 24.1 Å². The summed E-state index contributed by atoms with van der Waals surface area (Å²) in [5.74, 6) is 0.107. The molecule has 1 heterocycles. The van der Waals surface area contributed by atoms with Gasteiger partial charge in [0.25, 0.3) is 0 Å². The first-order valence-electron chi connectivity index (χ1n) is 5.78. The molecular weight excluding hydrogens is 280 g/mol. The largest absolute Gasteiger partial charge is 0.353 e. The Hall–Kier alpha value is -0.870. The van der Waals surface area contributed by atoms with Crippen LogP contribution in [0.2, 0.25) is 0 Å². The Bertz CT molecular complexity index is 431. The second-order valence-electron chi connectivity index (χ2n) is 4.83. The van der Waals surface area contributed by atoms with Gasteiger partial charge in [0.15, 0.2) is 0 Å². The van der Waals surface area contributed by atoms with Gasteiger partial charge in [-0.15, -0.1) is 0 Å². The molecule has 1 aliphatic rings. The van der Waals surface area contributed by atoms with Crippen molar-refractivity contribution in [2.75, 3.05) is 13.1 Å². The Balaban J connectivity index is 2.18. The van der Waals surface area contributed by atoms with E-state index in [2.05, 4.69) is 32.2 Å². The molecule has 1 aromatic rings. The van der Waals surface area contributed by atoms with Crippen LogP contribution in [0.1, 0.15) is 19.4 Å². The average molecular weight is 297 g/mol. The molecule has 2 rings (SSSR count). The lowest BCUT2D eigenvalue weighted by Gasteiger charge is -2.41. The van der Waals surface area contributed by atoms with E-state index in [-0.39, 0.29) is 5.91 Å². The fraction of sp³-hybridized carbons (Fsp3) is 0.462. The van der Waals surface area contributed by atoms with E-state index < -0.39 is 5.54 Å². The summed E-state index contributed by atoms with van der Waals surface area (Å²) in [5.41, 5.74) is 0.781. The van der Waals surface area contributed by atoms with Gasteiger partial charge >= 0.3 is 0 Å². The molecule has 1 fully saturated rings. The Morgan fingerprint density at radius 3 is 2.82 bits per heavy atom. The zero-order valence-corrected chi connectivity index (χ0v) is 11.8. The minimum atomic E-state index is -0.437. The van der Waals surface area contributed by atoms with Gasteiger partial charge in [-0.2, -0.15) is 0 Å². The zero-order valence-electron chi connectivity index (χ0n) is 10.2. The van der Waals surface area contributed by atoms with Gasteiger partial charge in [-0.3, -0.25) is 9.69 Å². The lowest BCUT2D eigenvalue weighted by molar-refractivity contribution is -0.135. The highest BCUT2D eigenvalue weighted by Crippen LogP contribution is 2.24. The molecular formula is C13H17BrN2O. The summed E-state index contributed by atoms with van der Waals surface area (Å²) in [6.07, 6.45) is 0. The van der Waals surface area contributed by atoms with Crippen LogP contribution in [0.3, 0.4) is 0 Å². The third kappa shape index (κ3) is 2.53. The fourth-order valence-corrected chi connectivity index (χ4v) is 2.46. The molecule has 17 heavy (non-hydrogen) atoms. The Labute approximate surface area is 110 Å². The van der Waals surface area contributed by atoms with Crippen molar-refractivity contribution in [2.45, 2.75) is 25.9 Å². The molecule has 1 N–H and O–H groups in total. The molecule has 3 nitrogen and oxygen atoms in total. The number of nitrogens with one attached hydrogen (secondary N) is 1. The molecule has 4 heteroatoms. The molecule has 0 atom stereocenters. The van der Waals surface area contributed by atoms with E-state index in [4.69, 9.17) is 0 Å². The van der Waals surface area contributed by atoms with Crippen LogP contribution in [0, 0.1) is 0 Å². The van der Waals surface area contributed by atoms with E-state index in [1.807, 2.05) is 32.0 Å². The molecule has 1 aromatic carbocycles. The van der Waals surface area contributed by atoms with Crippen molar-refractivity contribution < 1.29 is 4.79 Å². The average Bonchev–Trinajstić information content (AvgIpc) is 2.28. The molecule has 0 bridgehead atoms. The van der Waals surface area contributed by atoms with Gasteiger partial charge in [0.1, 0.15) is 0 Å². The van der Waals surface area contributed by atoms with Gasteiger partial charge in [0.05, 0.1) is 5.54 Å². The highest BCUT2D eigenvalue weighted by atomic mass is 79.9. The normalized spacial score (nSPS) is 20.1. The van der Waals surface area contributed by atoms with E-state index in [0.717, 1.165) is 24.1 Å². The smallest absolute Gasteiger partial charge is 0.240 e. The molecule has 1 saturated heterocycles. The predicted molar refractivity (Wildman–Crippen MR) is 71.6 cm³/mol. The highest BCUT2D eigenvalue weighted by molar-refractivity contribution is 9.10. The van der Waals surface area contributed by atoms with Crippen LogP contribution in [0.25, 0.3) is 0 Å². The van der Waals surface area contributed by atoms with Crippen molar-refractivity contribution in [1.82, 2.24) is 10.2 Å². The van der Waals surface area contributed by atoms with Gasteiger partial charge in [-0.05, 0) is 25.5 Å². The summed E-state index contributed by atoms with van der Waals surface area (Å²) < 4.78 is 1.10. The summed E-state index contributed by atoms with van der Waals surface area (Å²) in [7, 11) is 0. The van der Waals surface area contributed by atoms with E-state index >= 15 is 0 Å². The number of amides is 1. The van der Waals surface area contributed by atoms with Gasteiger partial charge in [-0.1, -0.05) is 34.1 Å². The van der Waals surface area contributed by atoms with Crippen LogP contribution in [0.4, 0.5) is 0 Å². The first-order chi connectivity index (χ1) is 8.01. The molecule has 92 valence electrons. The maximum absolute atomic E-state index is 11.8. The zero-order chi connectivity index (χ0) is 12.5. The molecule has 0 spiro atoms. The third-order valence-electron chi connectivity index (χ3n) is 3.33.